The van der Waals surface area contributed by atoms with Crippen LogP contribution in [0.4, 0.5) is 26.3 Å². The van der Waals surface area contributed by atoms with Gasteiger partial charge < -0.3 is 9.84 Å². The summed E-state index contributed by atoms with van der Waals surface area (Å²) in [5, 5.41) is 8.97. The normalized spacial score (nSPS) is 12.1. The number of ether oxygens (including phenoxy) is 1. The highest BCUT2D eigenvalue weighted by Crippen LogP contribution is 2.39. The molecule has 3 nitrogen and oxygen atoms in total. The van der Waals surface area contributed by atoms with E-state index in [1.54, 1.807) is 0 Å². The number of carboxylic acid groups (broad SMARTS) is 1. The molecule has 0 amide bonds. The second kappa shape index (κ2) is 6.06. The first-order valence-electron chi connectivity index (χ1n) is 6.28. The number of halogens is 6. The fourth-order valence-corrected chi connectivity index (χ4v) is 1.84. The predicted molar refractivity (Wildman–Crippen MR) is 69.9 cm³/mol. The molecule has 0 spiro atoms. The zero-order valence-electron chi connectivity index (χ0n) is 11.6. The molecule has 0 unspecified atom stereocenters. The smallest absolute Gasteiger partial charge is 0.416 e. The van der Waals surface area contributed by atoms with Gasteiger partial charge in [-0.3, -0.25) is 0 Å². The predicted octanol–water partition coefficient (Wildman–Crippen LogP) is 5.21. The first-order valence-corrected chi connectivity index (χ1v) is 6.28. The molecule has 1 N–H and O–H groups in total. The van der Waals surface area contributed by atoms with Crippen LogP contribution >= 0.6 is 0 Å². The molecule has 9 heteroatoms. The van der Waals surface area contributed by atoms with Gasteiger partial charge in [0.2, 0.25) is 0 Å². The van der Waals surface area contributed by atoms with E-state index in [2.05, 4.69) is 0 Å². The molecule has 0 saturated carbocycles. The number of hydrogen-bond donors (Lipinski definition) is 1. The van der Waals surface area contributed by atoms with Gasteiger partial charge in [0.25, 0.3) is 0 Å². The molecule has 0 aliphatic heterocycles. The molecule has 2 aromatic rings. The molecule has 2 rings (SSSR count). The summed E-state index contributed by atoms with van der Waals surface area (Å²) in [5.41, 5.74) is -3.51. The molecule has 0 aliphatic rings. The zero-order chi connectivity index (χ0) is 18.1. The molecule has 0 radical (unpaired) electrons. The average Bonchev–Trinajstić information content (AvgIpc) is 2.45. The quantitative estimate of drug-likeness (QED) is 0.773. The molecule has 24 heavy (non-hydrogen) atoms. The summed E-state index contributed by atoms with van der Waals surface area (Å²) in [6, 6.07) is 5.59. The molecule has 128 valence electrons. The van der Waals surface area contributed by atoms with Crippen molar-refractivity contribution in [3.05, 3.63) is 59.2 Å². The van der Waals surface area contributed by atoms with Crippen LogP contribution in [0.1, 0.15) is 21.5 Å². The van der Waals surface area contributed by atoms with E-state index in [1.807, 2.05) is 0 Å². The first kappa shape index (κ1) is 17.6. The van der Waals surface area contributed by atoms with Crippen LogP contribution in [0.25, 0.3) is 0 Å². The Hall–Kier alpha value is -2.71. The molecule has 2 aromatic carbocycles. The summed E-state index contributed by atoms with van der Waals surface area (Å²) in [6.45, 7) is 0. The number of carboxylic acids is 1. The van der Waals surface area contributed by atoms with Gasteiger partial charge in [0, 0.05) is 0 Å². The minimum Gasteiger partial charge on any atom is -0.478 e. The number of carbonyl (C=O) groups is 1. The maximum atomic E-state index is 12.8. The lowest BCUT2D eigenvalue weighted by molar-refractivity contribution is -0.143. The third kappa shape index (κ3) is 3.98. The van der Waals surface area contributed by atoms with Crippen molar-refractivity contribution in [1.29, 1.82) is 0 Å². The Morgan fingerprint density at radius 3 is 1.83 bits per heavy atom. The van der Waals surface area contributed by atoms with Gasteiger partial charge in [-0.05, 0) is 30.3 Å². The third-order valence-electron chi connectivity index (χ3n) is 2.91. The van der Waals surface area contributed by atoms with E-state index in [1.165, 1.54) is 12.1 Å². The van der Waals surface area contributed by atoms with Gasteiger partial charge in [-0.2, -0.15) is 26.3 Å². The van der Waals surface area contributed by atoms with Gasteiger partial charge in [0.15, 0.2) is 0 Å². The second-order valence-electron chi connectivity index (χ2n) is 4.64. The lowest BCUT2D eigenvalue weighted by Gasteiger charge is -2.15. The summed E-state index contributed by atoms with van der Waals surface area (Å²) in [6.07, 6.45) is -10.0. The van der Waals surface area contributed by atoms with Crippen molar-refractivity contribution >= 4 is 5.97 Å². The molecular weight excluding hydrogens is 342 g/mol. The number of rotatable bonds is 3. The van der Waals surface area contributed by atoms with E-state index in [0.29, 0.717) is 12.1 Å². The Bertz CT molecular complexity index is 732. The van der Waals surface area contributed by atoms with Crippen LogP contribution in [-0.2, 0) is 12.4 Å². The van der Waals surface area contributed by atoms with Crippen LogP contribution < -0.4 is 4.74 Å². The van der Waals surface area contributed by atoms with E-state index >= 15 is 0 Å². The van der Waals surface area contributed by atoms with E-state index < -0.39 is 40.8 Å². The molecule has 0 aliphatic carbocycles. The Morgan fingerprint density at radius 1 is 0.875 bits per heavy atom. The van der Waals surface area contributed by atoms with Crippen LogP contribution in [0.2, 0.25) is 0 Å². The molecule has 0 aromatic heterocycles. The molecule has 0 heterocycles. The average molecular weight is 350 g/mol. The Morgan fingerprint density at radius 2 is 1.38 bits per heavy atom. The number of para-hydroxylation sites is 1. The minimum atomic E-state index is -5.02. The maximum absolute atomic E-state index is 12.8. The van der Waals surface area contributed by atoms with Gasteiger partial charge in [0.05, 0.1) is 11.1 Å². The van der Waals surface area contributed by atoms with E-state index in [0.717, 1.165) is 12.1 Å². The van der Waals surface area contributed by atoms with Crippen molar-refractivity contribution < 1.29 is 41.0 Å². The maximum Gasteiger partial charge on any atom is 0.416 e. The number of aromatic carboxylic acids is 1. The summed E-state index contributed by atoms with van der Waals surface area (Å²) in [7, 11) is 0. The lowest BCUT2D eigenvalue weighted by Crippen LogP contribution is -2.11. The minimum absolute atomic E-state index is 0.0457. The Kier molecular flexibility index (Phi) is 4.46. The van der Waals surface area contributed by atoms with Gasteiger partial charge in [0.1, 0.15) is 17.1 Å². The molecule has 0 saturated heterocycles. The third-order valence-corrected chi connectivity index (χ3v) is 2.91. The molecule has 0 atom stereocenters. The highest BCUT2D eigenvalue weighted by molar-refractivity contribution is 5.90. The highest BCUT2D eigenvalue weighted by Gasteiger charge is 2.37. The molecule has 0 bridgehead atoms. The van der Waals surface area contributed by atoms with Gasteiger partial charge in [-0.25, -0.2) is 4.79 Å². The van der Waals surface area contributed by atoms with Crippen molar-refractivity contribution in [2.75, 3.05) is 0 Å². The second-order valence-corrected chi connectivity index (χ2v) is 4.64. The van der Waals surface area contributed by atoms with E-state index in [4.69, 9.17) is 9.84 Å². The number of hydrogen-bond acceptors (Lipinski definition) is 2. The largest absolute Gasteiger partial charge is 0.478 e. The van der Waals surface area contributed by atoms with Crippen LogP contribution in [0.15, 0.2) is 42.5 Å². The van der Waals surface area contributed by atoms with Crippen LogP contribution in [-0.4, -0.2) is 11.1 Å². The summed E-state index contributed by atoms with van der Waals surface area (Å²) in [5.74, 6) is -2.59. The topological polar surface area (TPSA) is 46.5 Å². The van der Waals surface area contributed by atoms with E-state index in [-0.39, 0.29) is 11.8 Å². The SMILES string of the molecule is O=C(O)c1ccccc1Oc1cc(C(F)(F)F)cc(C(F)(F)F)c1. The van der Waals surface area contributed by atoms with Crippen molar-refractivity contribution in [1.82, 2.24) is 0 Å². The molecular formula is C15H8F6O3. The van der Waals surface area contributed by atoms with Crippen molar-refractivity contribution in [3.8, 4) is 11.5 Å². The van der Waals surface area contributed by atoms with Crippen molar-refractivity contribution in [3.63, 3.8) is 0 Å². The highest BCUT2D eigenvalue weighted by atomic mass is 19.4. The van der Waals surface area contributed by atoms with E-state index in [9.17, 15) is 31.1 Å². The van der Waals surface area contributed by atoms with Gasteiger partial charge in [-0.15, -0.1) is 0 Å². The fourth-order valence-electron chi connectivity index (χ4n) is 1.84. The van der Waals surface area contributed by atoms with Crippen molar-refractivity contribution in [2.45, 2.75) is 12.4 Å². The molecule has 0 fully saturated rings. The monoisotopic (exact) mass is 350 g/mol. The van der Waals surface area contributed by atoms with Gasteiger partial charge >= 0.3 is 18.3 Å². The lowest BCUT2D eigenvalue weighted by atomic mass is 10.1. The standard InChI is InChI=1S/C15H8F6O3/c16-14(17,18)8-5-9(15(19,20)21)7-10(6-8)24-12-4-2-1-3-11(12)13(22)23/h1-7H,(H,22,23). The summed E-state index contributed by atoms with van der Waals surface area (Å²) < 4.78 is 81.6. The Labute approximate surface area is 131 Å². The number of alkyl halides is 6. The van der Waals surface area contributed by atoms with Crippen LogP contribution in [0.5, 0.6) is 11.5 Å². The van der Waals surface area contributed by atoms with Crippen LogP contribution in [0.3, 0.4) is 0 Å². The first-order chi connectivity index (χ1) is 11.0. The van der Waals surface area contributed by atoms with Crippen LogP contribution in [0, 0.1) is 0 Å². The zero-order valence-corrected chi connectivity index (χ0v) is 11.6. The number of benzene rings is 2. The van der Waals surface area contributed by atoms with Crippen molar-refractivity contribution in [2.24, 2.45) is 0 Å². The van der Waals surface area contributed by atoms with Gasteiger partial charge in [-0.1, -0.05) is 12.1 Å². The Balaban J connectivity index is 2.53. The fraction of sp³-hybridized carbons (Fsp3) is 0.133. The summed E-state index contributed by atoms with van der Waals surface area (Å²) in [4.78, 5) is 11.0. The summed E-state index contributed by atoms with van der Waals surface area (Å²) >= 11 is 0.